The van der Waals surface area contributed by atoms with Crippen molar-refractivity contribution in [2.75, 3.05) is 19.6 Å². The summed E-state index contributed by atoms with van der Waals surface area (Å²) in [5.41, 5.74) is 0. The van der Waals surface area contributed by atoms with Crippen molar-refractivity contribution >= 4 is 20.0 Å². The standard InChI is InChI=1S/C15H23N3O4S2/c19-23(20,17-11-12-2-1-9-16-10-12)14-5-7-15(8-6-14)24(21,22)18-13-3-4-13/h5-8,12-13,16-18H,1-4,9-11H2. The molecule has 1 saturated carbocycles. The summed E-state index contributed by atoms with van der Waals surface area (Å²) in [6.07, 6.45) is 3.75. The molecular formula is C15H23N3O4S2. The first-order chi connectivity index (χ1) is 11.4. The molecule has 24 heavy (non-hydrogen) atoms. The van der Waals surface area contributed by atoms with Gasteiger partial charge in [0.25, 0.3) is 0 Å². The fourth-order valence-electron chi connectivity index (χ4n) is 2.70. The van der Waals surface area contributed by atoms with Gasteiger partial charge in [0.15, 0.2) is 0 Å². The van der Waals surface area contributed by atoms with Crippen LogP contribution in [0.1, 0.15) is 25.7 Å². The van der Waals surface area contributed by atoms with E-state index in [0.29, 0.717) is 6.54 Å². The van der Waals surface area contributed by atoms with E-state index >= 15 is 0 Å². The normalized spacial score (nSPS) is 22.4. The van der Waals surface area contributed by atoms with Crippen molar-refractivity contribution in [2.24, 2.45) is 5.92 Å². The molecule has 1 aliphatic heterocycles. The molecule has 9 heteroatoms. The minimum atomic E-state index is -3.63. The molecular weight excluding hydrogens is 350 g/mol. The Kier molecular flexibility index (Phi) is 5.26. The number of piperidine rings is 1. The molecule has 3 N–H and O–H groups in total. The lowest BCUT2D eigenvalue weighted by molar-refractivity contribution is 0.376. The maximum Gasteiger partial charge on any atom is 0.240 e. The van der Waals surface area contributed by atoms with E-state index in [1.54, 1.807) is 0 Å². The summed E-state index contributed by atoms with van der Waals surface area (Å²) in [6, 6.07) is 5.36. The van der Waals surface area contributed by atoms with Crippen molar-refractivity contribution in [1.82, 2.24) is 14.8 Å². The molecule has 134 valence electrons. The van der Waals surface area contributed by atoms with Gasteiger partial charge in [0, 0.05) is 12.6 Å². The van der Waals surface area contributed by atoms with Gasteiger partial charge in [0.05, 0.1) is 9.79 Å². The van der Waals surface area contributed by atoms with Gasteiger partial charge in [0.1, 0.15) is 0 Å². The van der Waals surface area contributed by atoms with E-state index in [-0.39, 0.29) is 21.8 Å². The first kappa shape index (κ1) is 17.8. The van der Waals surface area contributed by atoms with Gasteiger partial charge in [-0.3, -0.25) is 0 Å². The largest absolute Gasteiger partial charge is 0.316 e. The summed E-state index contributed by atoms with van der Waals surface area (Å²) in [4.78, 5) is 0.168. The number of hydrogen-bond acceptors (Lipinski definition) is 5. The quantitative estimate of drug-likeness (QED) is 0.642. The van der Waals surface area contributed by atoms with Crippen LogP contribution in [-0.4, -0.2) is 42.5 Å². The summed E-state index contributed by atoms with van der Waals surface area (Å²) in [5.74, 6) is 0.288. The fraction of sp³-hybridized carbons (Fsp3) is 0.600. The Morgan fingerprint density at radius 2 is 1.58 bits per heavy atom. The van der Waals surface area contributed by atoms with Crippen LogP contribution >= 0.6 is 0 Å². The Morgan fingerprint density at radius 3 is 2.12 bits per heavy atom. The van der Waals surface area contributed by atoms with Gasteiger partial charge >= 0.3 is 0 Å². The van der Waals surface area contributed by atoms with E-state index in [1.807, 2.05) is 0 Å². The van der Waals surface area contributed by atoms with Gasteiger partial charge < -0.3 is 5.32 Å². The Balaban J connectivity index is 1.64. The second-order valence-corrected chi connectivity index (χ2v) is 9.91. The summed E-state index contributed by atoms with van der Waals surface area (Å²) in [7, 11) is -7.19. The molecule has 1 aliphatic carbocycles. The average Bonchev–Trinajstić information content (AvgIpc) is 3.37. The predicted molar refractivity (Wildman–Crippen MR) is 90.6 cm³/mol. The summed E-state index contributed by atoms with van der Waals surface area (Å²) < 4.78 is 54.0. The van der Waals surface area contributed by atoms with E-state index in [4.69, 9.17) is 0 Å². The molecule has 1 heterocycles. The molecule has 1 aromatic carbocycles. The molecule has 2 aliphatic rings. The first-order valence-corrected chi connectivity index (χ1v) is 11.2. The van der Waals surface area contributed by atoms with Crippen molar-refractivity contribution in [1.29, 1.82) is 0 Å². The summed E-state index contributed by atoms with van der Waals surface area (Å²) in [6.45, 7) is 2.18. The Labute approximate surface area is 143 Å². The molecule has 3 rings (SSSR count). The van der Waals surface area contributed by atoms with Crippen LogP contribution < -0.4 is 14.8 Å². The van der Waals surface area contributed by atoms with Crippen LogP contribution in [0.2, 0.25) is 0 Å². The topological polar surface area (TPSA) is 104 Å². The molecule has 1 atom stereocenters. The SMILES string of the molecule is O=S(=O)(NCC1CCCNC1)c1ccc(S(=O)(=O)NC2CC2)cc1. The highest BCUT2D eigenvalue weighted by atomic mass is 32.2. The zero-order valence-corrected chi connectivity index (χ0v) is 15.0. The molecule has 1 unspecified atom stereocenters. The van der Waals surface area contributed by atoms with Crippen LogP contribution in [0, 0.1) is 5.92 Å². The minimum absolute atomic E-state index is 0.0178. The Hall–Kier alpha value is -1.00. The third-order valence-corrected chi connectivity index (χ3v) is 7.28. The van der Waals surface area contributed by atoms with Gasteiger partial charge in [0.2, 0.25) is 20.0 Å². The van der Waals surface area contributed by atoms with Gasteiger partial charge in [-0.05, 0) is 69.0 Å². The van der Waals surface area contributed by atoms with Crippen LogP contribution in [0.5, 0.6) is 0 Å². The third kappa shape index (κ3) is 4.54. The zero-order valence-electron chi connectivity index (χ0n) is 13.4. The summed E-state index contributed by atoms with van der Waals surface area (Å²) in [5, 5.41) is 3.25. The van der Waals surface area contributed by atoms with E-state index in [0.717, 1.165) is 38.8 Å². The van der Waals surface area contributed by atoms with Gasteiger partial charge in [-0.2, -0.15) is 0 Å². The molecule has 2 fully saturated rings. The monoisotopic (exact) mass is 373 g/mol. The van der Waals surface area contributed by atoms with Crippen LogP contribution in [0.3, 0.4) is 0 Å². The van der Waals surface area contributed by atoms with Gasteiger partial charge in [-0.1, -0.05) is 0 Å². The fourth-order valence-corrected chi connectivity index (χ4v) is 5.12. The molecule has 1 saturated heterocycles. The third-order valence-electron chi connectivity index (χ3n) is 4.30. The van der Waals surface area contributed by atoms with E-state index in [1.165, 1.54) is 24.3 Å². The van der Waals surface area contributed by atoms with Crippen LogP contribution in [0.4, 0.5) is 0 Å². The van der Waals surface area contributed by atoms with Crippen molar-refractivity contribution < 1.29 is 16.8 Å². The van der Waals surface area contributed by atoms with Crippen molar-refractivity contribution in [2.45, 2.75) is 41.5 Å². The maximum absolute atomic E-state index is 12.3. The van der Waals surface area contributed by atoms with Crippen molar-refractivity contribution in [3.63, 3.8) is 0 Å². The minimum Gasteiger partial charge on any atom is -0.316 e. The zero-order chi connectivity index (χ0) is 17.2. The van der Waals surface area contributed by atoms with Crippen LogP contribution in [-0.2, 0) is 20.0 Å². The highest BCUT2D eigenvalue weighted by molar-refractivity contribution is 7.90. The predicted octanol–water partition coefficient (Wildman–Crippen LogP) is 0.405. The maximum atomic E-state index is 12.3. The molecule has 7 nitrogen and oxygen atoms in total. The molecule has 1 aromatic rings. The highest BCUT2D eigenvalue weighted by Gasteiger charge is 2.28. The van der Waals surface area contributed by atoms with Gasteiger partial charge in [-0.15, -0.1) is 0 Å². The lowest BCUT2D eigenvalue weighted by Crippen LogP contribution is -2.38. The molecule has 0 aromatic heterocycles. The highest BCUT2D eigenvalue weighted by Crippen LogP contribution is 2.22. The van der Waals surface area contributed by atoms with Gasteiger partial charge in [-0.25, -0.2) is 26.3 Å². The second kappa shape index (κ2) is 7.09. The van der Waals surface area contributed by atoms with Crippen LogP contribution in [0.15, 0.2) is 34.1 Å². The molecule has 0 amide bonds. The Morgan fingerprint density at radius 1 is 0.958 bits per heavy atom. The van der Waals surface area contributed by atoms with E-state index < -0.39 is 20.0 Å². The lowest BCUT2D eigenvalue weighted by atomic mass is 10.0. The summed E-state index contributed by atoms with van der Waals surface area (Å²) >= 11 is 0. The number of nitrogens with one attached hydrogen (secondary N) is 3. The Bertz CT molecular complexity index is 765. The van der Waals surface area contributed by atoms with Crippen molar-refractivity contribution in [3.05, 3.63) is 24.3 Å². The number of rotatable bonds is 7. The number of benzene rings is 1. The van der Waals surface area contributed by atoms with Crippen LogP contribution in [0.25, 0.3) is 0 Å². The number of hydrogen-bond donors (Lipinski definition) is 3. The average molecular weight is 374 g/mol. The first-order valence-electron chi connectivity index (χ1n) is 8.20. The second-order valence-electron chi connectivity index (χ2n) is 6.43. The molecule has 0 radical (unpaired) electrons. The van der Waals surface area contributed by atoms with E-state index in [2.05, 4.69) is 14.8 Å². The lowest BCUT2D eigenvalue weighted by Gasteiger charge is -2.22. The molecule has 0 bridgehead atoms. The smallest absolute Gasteiger partial charge is 0.240 e. The molecule has 0 spiro atoms. The number of sulfonamides is 2. The van der Waals surface area contributed by atoms with E-state index in [9.17, 15) is 16.8 Å². The van der Waals surface area contributed by atoms with Crippen molar-refractivity contribution in [3.8, 4) is 0 Å².